The van der Waals surface area contributed by atoms with Crippen molar-refractivity contribution in [3.05, 3.63) is 83.9 Å². The molecule has 0 aliphatic rings. The van der Waals surface area contributed by atoms with E-state index in [9.17, 15) is 4.79 Å². The molecule has 2 rings (SSSR count). The molecule has 0 aliphatic carbocycles. The van der Waals surface area contributed by atoms with E-state index in [4.69, 9.17) is 4.74 Å². The molecule has 0 radical (unpaired) electrons. The molecule has 1 atom stereocenters. The largest absolute Gasteiger partial charge is 0.465 e. The summed E-state index contributed by atoms with van der Waals surface area (Å²) >= 11 is 0. The minimum absolute atomic E-state index is 0.171. The molecule has 3 heteroatoms. The molecular weight excluding hydrogens is 274 g/mol. The van der Waals surface area contributed by atoms with Crippen molar-refractivity contribution in [2.45, 2.75) is 19.0 Å². The fourth-order valence-electron chi connectivity index (χ4n) is 2.31. The Morgan fingerprint density at radius 2 is 1.86 bits per heavy atom. The lowest BCUT2D eigenvalue weighted by molar-refractivity contribution is 0.0600. The number of ether oxygens (including phenoxy) is 1. The van der Waals surface area contributed by atoms with E-state index in [0.717, 1.165) is 18.5 Å². The summed E-state index contributed by atoms with van der Waals surface area (Å²) in [6.45, 7) is 4.62. The van der Waals surface area contributed by atoms with Crippen LogP contribution in [0, 0.1) is 0 Å². The maximum Gasteiger partial charge on any atom is 0.337 e. The molecular formula is C19H21NO2. The van der Waals surface area contributed by atoms with Crippen molar-refractivity contribution in [2.24, 2.45) is 0 Å². The van der Waals surface area contributed by atoms with E-state index >= 15 is 0 Å². The molecule has 1 N–H and O–H groups in total. The van der Waals surface area contributed by atoms with Crippen LogP contribution in [-0.4, -0.2) is 13.1 Å². The van der Waals surface area contributed by atoms with Crippen molar-refractivity contribution >= 4 is 5.97 Å². The first-order valence-corrected chi connectivity index (χ1v) is 7.31. The van der Waals surface area contributed by atoms with Gasteiger partial charge in [-0.1, -0.05) is 48.5 Å². The third-order valence-electron chi connectivity index (χ3n) is 3.53. The van der Waals surface area contributed by atoms with Crippen molar-refractivity contribution in [3.8, 4) is 0 Å². The second-order valence-electron chi connectivity index (χ2n) is 5.06. The Bertz CT molecular complexity index is 605. The number of esters is 1. The van der Waals surface area contributed by atoms with Crippen LogP contribution in [0.25, 0.3) is 0 Å². The Morgan fingerprint density at radius 3 is 2.45 bits per heavy atom. The zero-order valence-corrected chi connectivity index (χ0v) is 12.8. The fraction of sp³-hybridized carbons (Fsp3) is 0.211. The summed E-state index contributed by atoms with van der Waals surface area (Å²) in [7, 11) is 1.39. The quantitative estimate of drug-likeness (QED) is 0.622. The fourth-order valence-corrected chi connectivity index (χ4v) is 2.31. The molecule has 1 unspecified atom stereocenters. The Hall–Kier alpha value is -2.39. The summed E-state index contributed by atoms with van der Waals surface area (Å²) in [6, 6.07) is 17.9. The zero-order chi connectivity index (χ0) is 15.8. The third kappa shape index (κ3) is 4.30. The van der Waals surface area contributed by atoms with Gasteiger partial charge in [0.1, 0.15) is 0 Å². The molecule has 2 aromatic rings. The van der Waals surface area contributed by atoms with Crippen LogP contribution in [0.1, 0.15) is 33.9 Å². The van der Waals surface area contributed by atoms with Gasteiger partial charge in [0.15, 0.2) is 0 Å². The second kappa shape index (κ2) is 8.15. The highest BCUT2D eigenvalue weighted by Gasteiger charge is 2.11. The predicted molar refractivity (Wildman–Crippen MR) is 88.6 cm³/mol. The van der Waals surface area contributed by atoms with Crippen LogP contribution in [0.15, 0.2) is 67.3 Å². The molecule has 0 amide bonds. The molecule has 0 aliphatic heterocycles. The van der Waals surface area contributed by atoms with Gasteiger partial charge in [-0.2, -0.15) is 0 Å². The van der Waals surface area contributed by atoms with Crippen molar-refractivity contribution in [3.63, 3.8) is 0 Å². The predicted octanol–water partition coefficient (Wildman–Crippen LogP) is 3.88. The van der Waals surface area contributed by atoms with Crippen LogP contribution in [0.4, 0.5) is 0 Å². The Morgan fingerprint density at radius 1 is 1.18 bits per heavy atom. The molecule has 0 aromatic heterocycles. The number of hydrogen-bond acceptors (Lipinski definition) is 3. The molecule has 114 valence electrons. The normalized spacial score (nSPS) is 11.7. The highest BCUT2D eigenvalue weighted by Crippen LogP contribution is 2.19. The third-order valence-corrected chi connectivity index (χ3v) is 3.53. The van der Waals surface area contributed by atoms with Crippen LogP contribution >= 0.6 is 0 Å². The maximum absolute atomic E-state index is 11.5. The smallest absolute Gasteiger partial charge is 0.337 e. The number of nitrogens with one attached hydrogen (secondary N) is 1. The summed E-state index contributed by atoms with van der Waals surface area (Å²) in [5.41, 5.74) is 2.93. The van der Waals surface area contributed by atoms with Crippen molar-refractivity contribution in [1.29, 1.82) is 0 Å². The van der Waals surface area contributed by atoms with Crippen LogP contribution in [-0.2, 0) is 11.3 Å². The number of hydrogen-bond donors (Lipinski definition) is 1. The monoisotopic (exact) mass is 295 g/mol. The topological polar surface area (TPSA) is 38.3 Å². The number of carbonyl (C=O) groups is 1. The van der Waals surface area contributed by atoms with Crippen LogP contribution in [0.5, 0.6) is 0 Å². The lowest BCUT2D eigenvalue weighted by atomic mass is 10.0. The molecule has 2 aromatic carbocycles. The van der Waals surface area contributed by atoms with Gasteiger partial charge in [-0.25, -0.2) is 4.79 Å². The van der Waals surface area contributed by atoms with Gasteiger partial charge in [0.25, 0.3) is 0 Å². The zero-order valence-electron chi connectivity index (χ0n) is 12.8. The van der Waals surface area contributed by atoms with Gasteiger partial charge in [-0.05, 0) is 29.7 Å². The van der Waals surface area contributed by atoms with Gasteiger partial charge >= 0.3 is 5.97 Å². The van der Waals surface area contributed by atoms with E-state index in [1.807, 2.05) is 36.4 Å². The SMILES string of the molecule is C=CCC(NCc1ccccc1)c1ccc(C(=O)OC)cc1. The minimum atomic E-state index is -0.316. The molecule has 0 saturated heterocycles. The Balaban J connectivity index is 2.07. The van der Waals surface area contributed by atoms with E-state index in [2.05, 4.69) is 24.0 Å². The van der Waals surface area contributed by atoms with Gasteiger partial charge in [0.05, 0.1) is 12.7 Å². The average molecular weight is 295 g/mol. The second-order valence-corrected chi connectivity index (χ2v) is 5.06. The molecule has 0 heterocycles. The summed E-state index contributed by atoms with van der Waals surface area (Å²) in [5.74, 6) is -0.316. The molecule has 0 fully saturated rings. The van der Waals surface area contributed by atoms with Crippen molar-refractivity contribution in [1.82, 2.24) is 5.32 Å². The van der Waals surface area contributed by atoms with E-state index in [1.54, 1.807) is 12.1 Å². The first-order valence-electron chi connectivity index (χ1n) is 7.31. The van der Waals surface area contributed by atoms with Crippen LogP contribution < -0.4 is 5.32 Å². The standard InChI is InChI=1S/C19H21NO2/c1-3-7-18(20-14-15-8-5-4-6-9-15)16-10-12-17(13-11-16)19(21)22-2/h3-6,8-13,18,20H,1,7,14H2,2H3. The Labute approximate surface area is 131 Å². The maximum atomic E-state index is 11.5. The highest BCUT2D eigenvalue weighted by molar-refractivity contribution is 5.89. The summed E-state index contributed by atoms with van der Waals surface area (Å²) in [5, 5.41) is 3.53. The number of methoxy groups -OCH3 is 1. The molecule has 0 saturated carbocycles. The van der Waals surface area contributed by atoms with E-state index in [1.165, 1.54) is 12.7 Å². The van der Waals surface area contributed by atoms with Gasteiger partial charge in [0.2, 0.25) is 0 Å². The summed E-state index contributed by atoms with van der Waals surface area (Å²) < 4.78 is 4.72. The van der Waals surface area contributed by atoms with E-state index in [0.29, 0.717) is 5.56 Å². The number of benzene rings is 2. The van der Waals surface area contributed by atoms with Gasteiger partial charge < -0.3 is 10.1 Å². The average Bonchev–Trinajstić information content (AvgIpc) is 2.59. The lowest BCUT2D eigenvalue weighted by Crippen LogP contribution is -2.20. The minimum Gasteiger partial charge on any atom is -0.465 e. The molecule has 3 nitrogen and oxygen atoms in total. The molecule has 0 bridgehead atoms. The first-order chi connectivity index (χ1) is 10.7. The number of carbonyl (C=O) groups excluding carboxylic acids is 1. The van der Waals surface area contributed by atoms with E-state index in [-0.39, 0.29) is 12.0 Å². The van der Waals surface area contributed by atoms with Gasteiger partial charge in [-0.15, -0.1) is 6.58 Å². The van der Waals surface area contributed by atoms with Crippen LogP contribution in [0.2, 0.25) is 0 Å². The molecule has 22 heavy (non-hydrogen) atoms. The lowest BCUT2D eigenvalue weighted by Gasteiger charge is -2.18. The van der Waals surface area contributed by atoms with E-state index < -0.39 is 0 Å². The van der Waals surface area contributed by atoms with Crippen molar-refractivity contribution < 1.29 is 9.53 Å². The Kier molecular flexibility index (Phi) is 5.92. The van der Waals surface area contributed by atoms with Crippen molar-refractivity contribution in [2.75, 3.05) is 7.11 Å². The summed E-state index contributed by atoms with van der Waals surface area (Å²) in [6.07, 6.45) is 2.72. The first kappa shape index (κ1) is 16.0. The summed E-state index contributed by atoms with van der Waals surface area (Å²) in [4.78, 5) is 11.5. The number of rotatable bonds is 7. The van der Waals surface area contributed by atoms with Gasteiger partial charge in [-0.3, -0.25) is 0 Å². The van der Waals surface area contributed by atoms with Crippen LogP contribution in [0.3, 0.4) is 0 Å². The molecule has 0 spiro atoms. The van der Waals surface area contributed by atoms with Gasteiger partial charge in [0, 0.05) is 12.6 Å². The highest BCUT2D eigenvalue weighted by atomic mass is 16.5.